The molecule has 0 saturated carbocycles. The van der Waals surface area contributed by atoms with E-state index in [0.29, 0.717) is 15.4 Å². The number of nitrogens with two attached hydrogens (primary N) is 1. The number of nitrogen functional groups attached to an aromatic ring is 1. The lowest BCUT2D eigenvalue weighted by atomic mass is 10.1. The molecule has 3 aromatic rings. The van der Waals surface area contributed by atoms with Gasteiger partial charge < -0.3 is 5.73 Å². The van der Waals surface area contributed by atoms with Crippen LogP contribution < -0.4 is 5.73 Å². The molecule has 7 heteroatoms. The third-order valence-corrected chi connectivity index (χ3v) is 3.98. The highest BCUT2D eigenvalue weighted by atomic mass is 79.9. The summed E-state index contributed by atoms with van der Waals surface area (Å²) < 4.78 is 28.4. The van der Waals surface area contributed by atoms with Crippen molar-refractivity contribution in [2.75, 3.05) is 5.73 Å². The van der Waals surface area contributed by atoms with E-state index < -0.39 is 11.6 Å². The summed E-state index contributed by atoms with van der Waals surface area (Å²) in [6, 6.07) is 6.81. The molecule has 0 atom stereocenters. The van der Waals surface area contributed by atoms with Gasteiger partial charge in [-0.3, -0.25) is 0 Å². The van der Waals surface area contributed by atoms with Crippen LogP contribution in [0.5, 0.6) is 0 Å². The molecule has 0 bridgehead atoms. The van der Waals surface area contributed by atoms with Gasteiger partial charge in [0.25, 0.3) is 0 Å². The summed E-state index contributed by atoms with van der Waals surface area (Å²) in [5.74, 6) is -1.06. The molecular weight excluding hydrogens is 408 g/mol. The molecular formula is C14H7Br2F2N3. The van der Waals surface area contributed by atoms with Crippen LogP contribution in [0.15, 0.2) is 39.3 Å². The fourth-order valence-corrected chi connectivity index (χ4v) is 3.29. The van der Waals surface area contributed by atoms with Gasteiger partial charge in [-0.1, -0.05) is 15.9 Å². The number of hydrogen-bond acceptors (Lipinski definition) is 3. The topological polar surface area (TPSA) is 51.8 Å². The predicted molar refractivity (Wildman–Crippen MR) is 84.7 cm³/mol. The maximum absolute atomic E-state index is 13.9. The first-order valence-electron chi connectivity index (χ1n) is 5.83. The Labute approximate surface area is 135 Å². The van der Waals surface area contributed by atoms with E-state index in [1.54, 1.807) is 12.1 Å². The fourth-order valence-electron chi connectivity index (χ4n) is 1.97. The molecule has 106 valence electrons. The molecule has 2 aromatic carbocycles. The second-order valence-electron chi connectivity index (χ2n) is 4.34. The summed E-state index contributed by atoms with van der Waals surface area (Å²) in [4.78, 5) is 8.42. The zero-order valence-electron chi connectivity index (χ0n) is 10.4. The van der Waals surface area contributed by atoms with Gasteiger partial charge in [0.2, 0.25) is 0 Å². The Bertz CT molecular complexity index is 868. The van der Waals surface area contributed by atoms with Crippen molar-refractivity contribution in [3.63, 3.8) is 0 Å². The first-order chi connectivity index (χ1) is 9.95. The van der Waals surface area contributed by atoms with Crippen LogP contribution in [0.1, 0.15) is 0 Å². The molecule has 0 amide bonds. The SMILES string of the molecule is Nc1nc(-c2ccc(F)cc2F)nc2c(Br)cc(Br)cc12. The Morgan fingerprint density at radius 2 is 1.76 bits per heavy atom. The van der Waals surface area contributed by atoms with Crippen molar-refractivity contribution < 1.29 is 8.78 Å². The lowest BCUT2D eigenvalue weighted by molar-refractivity contribution is 0.585. The van der Waals surface area contributed by atoms with Gasteiger partial charge in [-0.05, 0) is 40.2 Å². The van der Waals surface area contributed by atoms with Gasteiger partial charge in [0.05, 0.1) is 11.1 Å². The molecule has 0 unspecified atom stereocenters. The third kappa shape index (κ3) is 2.63. The monoisotopic (exact) mass is 413 g/mol. The normalized spacial score (nSPS) is 11.0. The predicted octanol–water partition coefficient (Wildman–Crippen LogP) is 4.68. The van der Waals surface area contributed by atoms with Gasteiger partial charge >= 0.3 is 0 Å². The first-order valence-corrected chi connectivity index (χ1v) is 7.42. The minimum absolute atomic E-state index is 0.0971. The summed E-state index contributed by atoms with van der Waals surface area (Å²) in [6.45, 7) is 0. The Hall–Kier alpha value is -1.60. The van der Waals surface area contributed by atoms with E-state index >= 15 is 0 Å². The van der Waals surface area contributed by atoms with Crippen LogP contribution in [0, 0.1) is 11.6 Å². The Kier molecular flexibility index (Phi) is 3.62. The Morgan fingerprint density at radius 3 is 2.48 bits per heavy atom. The van der Waals surface area contributed by atoms with E-state index in [4.69, 9.17) is 5.73 Å². The van der Waals surface area contributed by atoms with Crippen LogP contribution in [0.2, 0.25) is 0 Å². The van der Waals surface area contributed by atoms with Gasteiger partial charge in [-0.2, -0.15) is 0 Å². The quantitative estimate of drug-likeness (QED) is 0.628. The molecule has 3 rings (SSSR count). The Balaban J connectivity index is 2.30. The highest BCUT2D eigenvalue weighted by molar-refractivity contribution is 9.11. The van der Waals surface area contributed by atoms with Crippen LogP contribution in [-0.2, 0) is 0 Å². The van der Waals surface area contributed by atoms with Gasteiger partial charge in [0, 0.05) is 20.4 Å². The number of fused-ring (bicyclic) bond motifs is 1. The van der Waals surface area contributed by atoms with Gasteiger partial charge in [0.15, 0.2) is 5.82 Å². The molecule has 2 N–H and O–H groups in total. The summed E-state index contributed by atoms with van der Waals surface area (Å²) in [7, 11) is 0. The number of halogens is 4. The average Bonchev–Trinajstić information content (AvgIpc) is 2.40. The molecule has 0 saturated heterocycles. The molecule has 0 aliphatic carbocycles. The zero-order chi connectivity index (χ0) is 15.1. The van der Waals surface area contributed by atoms with Crippen molar-refractivity contribution in [1.82, 2.24) is 9.97 Å². The highest BCUT2D eigenvalue weighted by Crippen LogP contribution is 2.32. The maximum atomic E-state index is 13.9. The summed E-state index contributed by atoms with van der Waals surface area (Å²) in [5, 5.41) is 0.641. The number of anilines is 1. The van der Waals surface area contributed by atoms with E-state index in [1.807, 2.05) is 0 Å². The summed E-state index contributed by atoms with van der Waals surface area (Å²) in [6.07, 6.45) is 0. The molecule has 0 aliphatic heterocycles. The number of hydrogen-bond donors (Lipinski definition) is 1. The van der Waals surface area contributed by atoms with Crippen LogP contribution in [0.3, 0.4) is 0 Å². The maximum Gasteiger partial charge on any atom is 0.165 e. The molecule has 0 spiro atoms. The van der Waals surface area contributed by atoms with Crippen LogP contribution >= 0.6 is 31.9 Å². The first kappa shape index (κ1) is 14.3. The Morgan fingerprint density at radius 1 is 1.00 bits per heavy atom. The lowest BCUT2D eigenvalue weighted by Crippen LogP contribution is -2.00. The molecule has 0 fully saturated rings. The second kappa shape index (κ2) is 5.31. The largest absolute Gasteiger partial charge is 0.383 e. The van der Waals surface area contributed by atoms with E-state index in [1.165, 1.54) is 6.07 Å². The van der Waals surface area contributed by atoms with Gasteiger partial charge in [0.1, 0.15) is 17.5 Å². The van der Waals surface area contributed by atoms with Crippen molar-refractivity contribution in [1.29, 1.82) is 0 Å². The van der Waals surface area contributed by atoms with Crippen LogP contribution in [-0.4, -0.2) is 9.97 Å². The van der Waals surface area contributed by atoms with Crippen molar-refractivity contribution >= 4 is 48.6 Å². The second-order valence-corrected chi connectivity index (χ2v) is 6.11. The molecule has 0 radical (unpaired) electrons. The van der Waals surface area contributed by atoms with Crippen molar-refractivity contribution in [2.45, 2.75) is 0 Å². The standard InChI is InChI=1S/C14H7Br2F2N3/c15-6-3-9-12(10(16)4-6)20-14(21-13(9)19)8-2-1-7(17)5-11(8)18/h1-5H,(H2,19,20,21). The number of benzene rings is 2. The number of aromatic nitrogens is 2. The van der Waals surface area contributed by atoms with Crippen molar-refractivity contribution in [3.05, 3.63) is 50.9 Å². The molecule has 1 aromatic heterocycles. The third-order valence-electron chi connectivity index (χ3n) is 2.92. The number of rotatable bonds is 1. The minimum Gasteiger partial charge on any atom is -0.383 e. The minimum atomic E-state index is -0.734. The fraction of sp³-hybridized carbons (Fsp3) is 0. The van der Waals surface area contributed by atoms with E-state index in [-0.39, 0.29) is 17.2 Å². The molecule has 0 aliphatic rings. The van der Waals surface area contributed by atoms with E-state index in [2.05, 4.69) is 41.8 Å². The zero-order valence-corrected chi connectivity index (χ0v) is 13.5. The van der Waals surface area contributed by atoms with E-state index in [9.17, 15) is 8.78 Å². The summed E-state index contributed by atoms with van der Waals surface area (Å²) in [5.41, 5.74) is 6.58. The number of nitrogens with zero attached hydrogens (tertiary/aromatic N) is 2. The van der Waals surface area contributed by atoms with Crippen molar-refractivity contribution in [3.8, 4) is 11.4 Å². The molecule has 1 heterocycles. The lowest BCUT2D eigenvalue weighted by Gasteiger charge is -2.08. The summed E-state index contributed by atoms with van der Waals surface area (Å²) >= 11 is 6.75. The van der Waals surface area contributed by atoms with Gasteiger partial charge in [-0.15, -0.1) is 0 Å². The molecule has 3 nitrogen and oxygen atoms in total. The highest BCUT2D eigenvalue weighted by Gasteiger charge is 2.14. The average molecular weight is 415 g/mol. The van der Waals surface area contributed by atoms with E-state index in [0.717, 1.165) is 16.6 Å². The van der Waals surface area contributed by atoms with Crippen LogP contribution in [0.25, 0.3) is 22.3 Å². The smallest absolute Gasteiger partial charge is 0.165 e. The van der Waals surface area contributed by atoms with Crippen LogP contribution in [0.4, 0.5) is 14.6 Å². The van der Waals surface area contributed by atoms with Crippen molar-refractivity contribution in [2.24, 2.45) is 0 Å². The van der Waals surface area contributed by atoms with Gasteiger partial charge in [-0.25, -0.2) is 18.7 Å². The molecule has 21 heavy (non-hydrogen) atoms.